The number of carbonyl (C=O) groups excluding carboxylic acids is 1. The summed E-state index contributed by atoms with van der Waals surface area (Å²) >= 11 is 5.15. The number of amides is 1. The number of nitrogens with one attached hydrogen (secondary N) is 1. The van der Waals surface area contributed by atoms with Gasteiger partial charge in [-0.05, 0) is 53.9 Å². The third-order valence-electron chi connectivity index (χ3n) is 3.47. The van der Waals surface area contributed by atoms with E-state index in [0.717, 1.165) is 29.8 Å². The molecule has 2 rings (SSSR count). The summed E-state index contributed by atoms with van der Waals surface area (Å²) in [6, 6.07) is 4.12. The first-order chi connectivity index (χ1) is 8.61. The van der Waals surface area contributed by atoms with E-state index in [-0.39, 0.29) is 11.9 Å². The van der Waals surface area contributed by atoms with Crippen LogP contribution in [0, 0.1) is 5.92 Å². The topological polar surface area (TPSA) is 32.3 Å². The summed E-state index contributed by atoms with van der Waals surface area (Å²) in [5.74, 6) is 0.689. The fourth-order valence-corrected chi connectivity index (χ4v) is 3.83. The normalized spacial score (nSPS) is 23.3. The van der Waals surface area contributed by atoms with Gasteiger partial charge in [0.2, 0.25) is 5.91 Å². The quantitative estimate of drug-likeness (QED) is 0.920. The second-order valence-corrected chi connectivity index (χ2v) is 7.30. The van der Waals surface area contributed by atoms with Crippen molar-refractivity contribution in [2.75, 3.05) is 13.1 Å². The average Bonchev–Trinajstić information content (AvgIpc) is 2.94. The molecule has 0 spiro atoms. The van der Waals surface area contributed by atoms with Gasteiger partial charge in [0.05, 0.1) is 16.4 Å². The molecule has 1 N–H and O–H groups in total. The monoisotopic (exact) mass is 330 g/mol. The molecule has 1 aromatic heterocycles. The Labute approximate surface area is 121 Å². The highest BCUT2D eigenvalue weighted by Crippen LogP contribution is 2.24. The molecule has 0 bridgehead atoms. The largest absolute Gasteiger partial charge is 0.336 e. The number of carbonyl (C=O) groups is 1. The highest BCUT2D eigenvalue weighted by atomic mass is 79.9. The predicted octanol–water partition coefficient (Wildman–Crippen LogP) is 2.86. The Balaban J connectivity index is 2.01. The highest BCUT2D eigenvalue weighted by Gasteiger charge is 2.32. The van der Waals surface area contributed by atoms with Crippen LogP contribution < -0.4 is 5.32 Å². The number of hydrogen-bond acceptors (Lipinski definition) is 3. The van der Waals surface area contributed by atoms with E-state index in [0.29, 0.717) is 5.92 Å². The van der Waals surface area contributed by atoms with Crippen molar-refractivity contribution in [3.8, 4) is 0 Å². The lowest BCUT2D eigenvalue weighted by molar-refractivity contribution is -0.134. The van der Waals surface area contributed by atoms with Crippen LogP contribution in [0.15, 0.2) is 15.9 Å². The molecule has 2 atom stereocenters. The zero-order valence-corrected chi connectivity index (χ0v) is 13.2. The Morgan fingerprint density at radius 2 is 2.39 bits per heavy atom. The van der Waals surface area contributed by atoms with Crippen LogP contribution >= 0.6 is 27.3 Å². The van der Waals surface area contributed by atoms with E-state index in [2.05, 4.69) is 34.2 Å². The summed E-state index contributed by atoms with van der Waals surface area (Å²) in [4.78, 5) is 15.6. The summed E-state index contributed by atoms with van der Waals surface area (Å²) in [5, 5.41) is 3.31. The summed E-state index contributed by atoms with van der Waals surface area (Å²) in [6.07, 6.45) is 1.10. The van der Waals surface area contributed by atoms with Gasteiger partial charge in [0.15, 0.2) is 0 Å². The van der Waals surface area contributed by atoms with Crippen molar-refractivity contribution in [2.24, 2.45) is 5.92 Å². The molecule has 2 heterocycles. The molecule has 1 amide bonds. The lowest BCUT2D eigenvalue weighted by Gasteiger charge is -2.25. The fourth-order valence-electron chi connectivity index (χ4n) is 2.33. The molecular formula is C13H19BrN2OS. The first-order valence-electron chi connectivity index (χ1n) is 6.38. The minimum Gasteiger partial charge on any atom is -0.336 e. The zero-order valence-electron chi connectivity index (χ0n) is 10.8. The standard InChI is InChI=1S/C13H19BrN2OS/c1-3-16(8-10-4-5-11(14)18-10)13(17)12-9(2)6-7-15-12/h4-5,9,12,15H,3,6-8H2,1-2H3. The number of halogens is 1. The predicted molar refractivity (Wildman–Crippen MR) is 78.7 cm³/mol. The lowest BCUT2D eigenvalue weighted by Crippen LogP contribution is -2.45. The Bertz CT molecular complexity index is 421. The fraction of sp³-hybridized carbons (Fsp3) is 0.615. The second-order valence-electron chi connectivity index (χ2n) is 4.76. The van der Waals surface area contributed by atoms with Crippen molar-refractivity contribution in [2.45, 2.75) is 32.9 Å². The molecule has 1 aliphatic heterocycles. The third-order valence-corrected chi connectivity index (χ3v) is 5.08. The summed E-state index contributed by atoms with van der Waals surface area (Å²) in [6.45, 7) is 6.63. The first kappa shape index (κ1) is 14.0. The molecule has 0 aliphatic carbocycles. The maximum Gasteiger partial charge on any atom is 0.240 e. The lowest BCUT2D eigenvalue weighted by atomic mass is 10.0. The van der Waals surface area contributed by atoms with Crippen molar-refractivity contribution in [1.29, 1.82) is 0 Å². The van der Waals surface area contributed by atoms with E-state index in [4.69, 9.17) is 0 Å². The van der Waals surface area contributed by atoms with Crippen molar-refractivity contribution in [3.05, 3.63) is 20.8 Å². The van der Waals surface area contributed by atoms with Crippen LogP contribution in [0.4, 0.5) is 0 Å². The van der Waals surface area contributed by atoms with Crippen LogP contribution in [0.5, 0.6) is 0 Å². The second kappa shape index (κ2) is 6.17. The van der Waals surface area contributed by atoms with Gasteiger partial charge in [-0.3, -0.25) is 4.79 Å². The Hall–Kier alpha value is -0.390. The molecular weight excluding hydrogens is 312 g/mol. The Morgan fingerprint density at radius 1 is 1.61 bits per heavy atom. The van der Waals surface area contributed by atoms with Crippen LogP contribution in [0.25, 0.3) is 0 Å². The van der Waals surface area contributed by atoms with Crippen molar-refractivity contribution >= 4 is 33.2 Å². The average molecular weight is 331 g/mol. The van der Waals surface area contributed by atoms with Gasteiger partial charge < -0.3 is 10.2 Å². The number of likely N-dealkylation sites (N-methyl/N-ethyl adjacent to an activating group) is 1. The Morgan fingerprint density at radius 3 is 2.89 bits per heavy atom. The van der Waals surface area contributed by atoms with Crippen LogP contribution in [0.3, 0.4) is 0 Å². The SMILES string of the molecule is CCN(Cc1ccc(Br)s1)C(=O)C1NCCC1C. The number of hydrogen-bond donors (Lipinski definition) is 1. The van der Waals surface area contributed by atoms with Crippen molar-refractivity contribution < 1.29 is 4.79 Å². The zero-order chi connectivity index (χ0) is 13.1. The Kier molecular flexibility index (Phi) is 4.81. The van der Waals surface area contributed by atoms with Gasteiger partial charge in [0.25, 0.3) is 0 Å². The smallest absolute Gasteiger partial charge is 0.240 e. The molecule has 2 unspecified atom stereocenters. The molecule has 1 aromatic rings. The summed E-state index contributed by atoms with van der Waals surface area (Å²) in [7, 11) is 0. The van der Waals surface area contributed by atoms with Gasteiger partial charge in [-0.25, -0.2) is 0 Å². The van der Waals surface area contributed by atoms with E-state index < -0.39 is 0 Å². The summed E-state index contributed by atoms with van der Waals surface area (Å²) < 4.78 is 1.12. The molecule has 0 radical (unpaired) electrons. The van der Waals surface area contributed by atoms with Gasteiger partial charge in [0.1, 0.15) is 0 Å². The van der Waals surface area contributed by atoms with Gasteiger partial charge in [-0.1, -0.05) is 6.92 Å². The van der Waals surface area contributed by atoms with E-state index in [1.807, 2.05) is 17.9 Å². The minimum atomic E-state index is 0.00773. The molecule has 1 fully saturated rings. The molecule has 18 heavy (non-hydrogen) atoms. The maximum absolute atomic E-state index is 12.5. The molecule has 1 saturated heterocycles. The highest BCUT2D eigenvalue weighted by molar-refractivity contribution is 9.11. The van der Waals surface area contributed by atoms with Gasteiger partial charge in [-0.2, -0.15) is 0 Å². The van der Waals surface area contributed by atoms with E-state index >= 15 is 0 Å². The third kappa shape index (κ3) is 3.13. The van der Waals surface area contributed by atoms with Crippen molar-refractivity contribution in [1.82, 2.24) is 10.2 Å². The number of thiophene rings is 1. The molecule has 1 aliphatic rings. The number of nitrogens with zero attached hydrogens (tertiary/aromatic N) is 1. The molecule has 0 saturated carbocycles. The van der Waals surface area contributed by atoms with Gasteiger partial charge in [-0.15, -0.1) is 11.3 Å². The van der Waals surface area contributed by atoms with Crippen LogP contribution in [0.2, 0.25) is 0 Å². The van der Waals surface area contributed by atoms with E-state index in [1.54, 1.807) is 11.3 Å². The molecule has 5 heteroatoms. The van der Waals surface area contributed by atoms with Crippen molar-refractivity contribution in [3.63, 3.8) is 0 Å². The molecule has 0 aromatic carbocycles. The van der Waals surface area contributed by atoms with Crippen LogP contribution in [-0.2, 0) is 11.3 Å². The van der Waals surface area contributed by atoms with Gasteiger partial charge >= 0.3 is 0 Å². The van der Waals surface area contributed by atoms with Crippen LogP contribution in [-0.4, -0.2) is 29.9 Å². The minimum absolute atomic E-state index is 0.00773. The first-order valence-corrected chi connectivity index (χ1v) is 7.99. The van der Waals surface area contributed by atoms with E-state index in [9.17, 15) is 4.79 Å². The van der Waals surface area contributed by atoms with Crippen LogP contribution in [0.1, 0.15) is 25.1 Å². The molecule has 3 nitrogen and oxygen atoms in total. The maximum atomic E-state index is 12.5. The van der Waals surface area contributed by atoms with E-state index in [1.165, 1.54) is 4.88 Å². The number of rotatable bonds is 4. The summed E-state index contributed by atoms with van der Waals surface area (Å²) in [5.41, 5.74) is 0. The molecule has 100 valence electrons. The van der Waals surface area contributed by atoms with Gasteiger partial charge in [0, 0.05) is 11.4 Å².